The standard InChI is InChI=1S/C31H30N6O8S.Na/c1-19(38)45-17-22-18-46-28-24(27(40)37(28)25(22)29(41)42)33-26(39)23(21-12-6-3-7-13-21)34-30(43)35-15-16-36(31(35)44)32-14-8-11-20-9-4-2-5-10-20;/h2-14,23-24,28H,15-18H2,1H3,(H,33,39)(H,34,43)(H,41,42);/q;+1/p-1/t23-,24?,28-;/m1./s1. The molecule has 5 rings (SSSR count). The summed E-state index contributed by atoms with van der Waals surface area (Å²) in [7, 11) is 0. The predicted molar refractivity (Wildman–Crippen MR) is 164 cm³/mol. The zero-order valence-corrected chi connectivity index (χ0v) is 28.3. The normalized spacial score (nSPS) is 19.6. The molecule has 1 unspecified atom stereocenters. The number of rotatable bonds is 10. The van der Waals surface area contributed by atoms with Gasteiger partial charge in [0.25, 0.3) is 5.91 Å². The SMILES string of the molecule is CC(=O)OCC1=C(C(=O)[O-])N2C(=O)C(NC(=O)[C@H](NC(=O)N3CCN(N=CC=Cc4ccccc4)C3=O)c3ccccc3)[C@H]2SC1.[Na+]. The van der Waals surface area contributed by atoms with E-state index in [1.54, 1.807) is 36.4 Å². The number of nitrogens with zero attached hydrogens (tertiary/aromatic N) is 4. The Bertz CT molecular complexity index is 1640. The first-order chi connectivity index (χ1) is 22.2. The van der Waals surface area contributed by atoms with Crippen LogP contribution in [-0.2, 0) is 23.9 Å². The largest absolute Gasteiger partial charge is 1.00 e. The van der Waals surface area contributed by atoms with Crippen LogP contribution in [0.1, 0.15) is 24.1 Å². The van der Waals surface area contributed by atoms with Crippen LogP contribution in [0, 0.1) is 0 Å². The number of hydrogen-bond acceptors (Lipinski definition) is 10. The Morgan fingerprint density at radius 3 is 2.40 bits per heavy atom. The van der Waals surface area contributed by atoms with Crippen molar-refractivity contribution >= 4 is 59.9 Å². The van der Waals surface area contributed by atoms with Crippen LogP contribution in [0.5, 0.6) is 0 Å². The number of carbonyl (C=O) groups excluding carboxylic acids is 6. The summed E-state index contributed by atoms with van der Waals surface area (Å²) in [5, 5.41) is 21.6. The minimum absolute atomic E-state index is 0. The fourth-order valence-electron chi connectivity index (χ4n) is 5.01. The molecule has 14 nitrogen and oxygen atoms in total. The molecule has 0 bridgehead atoms. The summed E-state index contributed by atoms with van der Waals surface area (Å²) in [6.07, 6.45) is 4.92. The average molecular weight is 669 g/mol. The number of carboxylic acids is 1. The number of fused-ring (bicyclic) bond motifs is 1. The van der Waals surface area contributed by atoms with Crippen molar-refractivity contribution in [2.24, 2.45) is 5.10 Å². The maximum absolute atomic E-state index is 13.6. The zero-order valence-electron chi connectivity index (χ0n) is 25.5. The molecule has 0 saturated carbocycles. The van der Waals surface area contributed by atoms with Crippen molar-refractivity contribution in [2.45, 2.75) is 24.4 Å². The van der Waals surface area contributed by atoms with E-state index in [1.165, 1.54) is 24.9 Å². The van der Waals surface area contributed by atoms with Gasteiger partial charge in [0.05, 0.1) is 24.8 Å². The van der Waals surface area contributed by atoms with Crippen LogP contribution in [0.25, 0.3) is 6.08 Å². The van der Waals surface area contributed by atoms with Gasteiger partial charge in [-0.1, -0.05) is 66.7 Å². The van der Waals surface area contributed by atoms with Crippen molar-refractivity contribution in [2.75, 3.05) is 25.4 Å². The number of imide groups is 1. The first-order valence-corrected chi connectivity index (χ1v) is 15.2. The fourth-order valence-corrected chi connectivity index (χ4v) is 6.34. The molecule has 2 saturated heterocycles. The smallest absolute Gasteiger partial charge is 0.543 e. The van der Waals surface area contributed by atoms with E-state index in [1.807, 2.05) is 36.4 Å². The van der Waals surface area contributed by atoms with E-state index in [0.29, 0.717) is 5.56 Å². The number of hydrogen-bond donors (Lipinski definition) is 2. The Balaban J connectivity index is 0.00000500. The quantitative estimate of drug-likeness (QED) is 0.123. The molecule has 47 heavy (non-hydrogen) atoms. The molecular weight excluding hydrogens is 639 g/mol. The first-order valence-electron chi connectivity index (χ1n) is 14.2. The summed E-state index contributed by atoms with van der Waals surface area (Å²) in [6, 6.07) is 13.9. The number of carboxylic acid groups (broad SMARTS) is 1. The number of nitrogens with one attached hydrogen (secondary N) is 2. The zero-order chi connectivity index (χ0) is 32.8. The van der Waals surface area contributed by atoms with Crippen LogP contribution < -0.4 is 45.3 Å². The number of hydrazone groups is 1. The van der Waals surface area contributed by atoms with Gasteiger partial charge in [0.15, 0.2) is 0 Å². The first kappa shape index (κ1) is 35.4. The molecule has 0 spiro atoms. The number of ether oxygens (including phenoxy) is 1. The van der Waals surface area contributed by atoms with Gasteiger partial charge in [-0.15, -0.1) is 11.8 Å². The summed E-state index contributed by atoms with van der Waals surface area (Å²) in [6.45, 7) is 1.03. The van der Waals surface area contributed by atoms with E-state index in [9.17, 15) is 33.9 Å². The molecule has 2 aromatic carbocycles. The van der Waals surface area contributed by atoms with Crippen molar-refractivity contribution in [1.82, 2.24) is 25.4 Å². The second-order valence-corrected chi connectivity index (χ2v) is 11.4. The molecule has 0 aliphatic carbocycles. The van der Waals surface area contributed by atoms with Gasteiger partial charge < -0.3 is 25.3 Å². The third kappa shape index (κ3) is 8.11. The van der Waals surface area contributed by atoms with Crippen molar-refractivity contribution in [3.8, 4) is 0 Å². The second kappa shape index (κ2) is 15.9. The van der Waals surface area contributed by atoms with Crippen molar-refractivity contribution in [3.63, 3.8) is 0 Å². The Morgan fingerprint density at radius 2 is 1.74 bits per heavy atom. The van der Waals surface area contributed by atoms with E-state index < -0.39 is 59.0 Å². The van der Waals surface area contributed by atoms with E-state index in [-0.39, 0.29) is 60.6 Å². The second-order valence-electron chi connectivity index (χ2n) is 10.3. The minimum atomic E-state index is -1.61. The summed E-state index contributed by atoms with van der Waals surface area (Å²) in [5.41, 5.74) is 1.14. The number of carbonyl (C=O) groups is 6. The molecule has 3 atom stereocenters. The number of allylic oxidation sites excluding steroid dienone is 1. The van der Waals surface area contributed by atoms with Gasteiger partial charge in [0, 0.05) is 24.5 Å². The average Bonchev–Trinajstić information content (AvgIpc) is 3.43. The maximum Gasteiger partial charge on any atom is 1.00 e. The van der Waals surface area contributed by atoms with Gasteiger partial charge in [0.1, 0.15) is 24.1 Å². The maximum atomic E-state index is 13.6. The van der Waals surface area contributed by atoms with Crippen molar-refractivity contribution < 1.29 is 68.2 Å². The molecule has 6 amide bonds. The van der Waals surface area contributed by atoms with Gasteiger partial charge in [-0.25, -0.2) is 19.5 Å². The predicted octanol–water partition coefficient (Wildman–Crippen LogP) is -2.15. The summed E-state index contributed by atoms with van der Waals surface area (Å²) in [5.74, 6) is -3.54. The van der Waals surface area contributed by atoms with Crippen LogP contribution in [-0.4, -0.2) is 93.7 Å². The molecule has 0 radical (unpaired) electrons. The third-order valence-electron chi connectivity index (χ3n) is 7.26. The number of aliphatic carboxylic acids is 1. The van der Waals surface area contributed by atoms with Crippen LogP contribution in [0.2, 0.25) is 0 Å². The minimum Gasteiger partial charge on any atom is -0.543 e. The van der Waals surface area contributed by atoms with Gasteiger partial charge in [-0.2, -0.15) is 5.10 Å². The number of amides is 6. The molecule has 238 valence electrons. The summed E-state index contributed by atoms with van der Waals surface area (Å²) < 4.78 is 4.92. The Morgan fingerprint density at radius 1 is 1.06 bits per heavy atom. The molecular formula is C31H29N6NaO8S. The molecule has 2 fully saturated rings. The number of esters is 1. The number of urea groups is 2. The van der Waals surface area contributed by atoms with E-state index in [4.69, 9.17) is 4.74 Å². The van der Waals surface area contributed by atoms with Crippen molar-refractivity contribution in [3.05, 3.63) is 89.1 Å². The van der Waals surface area contributed by atoms with Crippen molar-refractivity contribution in [1.29, 1.82) is 0 Å². The van der Waals surface area contributed by atoms with Crippen LogP contribution in [0.15, 0.2) is 83.1 Å². The van der Waals surface area contributed by atoms with Gasteiger partial charge in [-0.3, -0.25) is 19.3 Å². The van der Waals surface area contributed by atoms with Crippen LogP contribution in [0.4, 0.5) is 9.59 Å². The Kier molecular flexibility index (Phi) is 12.0. The molecule has 3 aliphatic rings. The van der Waals surface area contributed by atoms with Crippen LogP contribution >= 0.6 is 11.8 Å². The third-order valence-corrected chi connectivity index (χ3v) is 8.60. The molecule has 2 N–H and O–H groups in total. The molecule has 3 aliphatic heterocycles. The van der Waals surface area contributed by atoms with E-state index >= 15 is 0 Å². The topological polar surface area (TPSA) is 181 Å². The van der Waals surface area contributed by atoms with Gasteiger partial charge >= 0.3 is 47.6 Å². The number of β-lactam (4-membered cyclic amide) rings is 1. The van der Waals surface area contributed by atoms with Gasteiger partial charge in [-0.05, 0) is 17.2 Å². The summed E-state index contributed by atoms with van der Waals surface area (Å²) >= 11 is 1.18. The molecule has 16 heteroatoms. The van der Waals surface area contributed by atoms with E-state index in [0.717, 1.165) is 20.4 Å². The van der Waals surface area contributed by atoms with E-state index in [2.05, 4.69) is 15.7 Å². The Labute approximate surface area is 296 Å². The molecule has 3 heterocycles. The molecule has 2 aromatic rings. The number of benzene rings is 2. The fraction of sp³-hybridized carbons (Fsp3) is 0.258. The monoisotopic (exact) mass is 668 g/mol. The molecule has 0 aromatic heterocycles. The Hall–Kier alpha value is -4.44. The summed E-state index contributed by atoms with van der Waals surface area (Å²) in [4.78, 5) is 77.9. The van der Waals surface area contributed by atoms with Gasteiger partial charge in [0.2, 0.25) is 5.91 Å². The number of thioether (sulfide) groups is 1. The van der Waals surface area contributed by atoms with Crippen LogP contribution in [0.3, 0.4) is 0 Å².